The molecule has 2 bridgehead atoms. The summed E-state index contributed by atoms with van der Waals surface area (Å²) in [5.41, 5.74) is 0. The molecule has 6 atom stereocenters. The van der Waals surface area contributed by atoms with Crippen LogP contribution in [0.5, 0.6) is 0 Å². The van der Waals surface area contributed by atoms with Gasteiger partial charge in [-0.25, -0.2) is 0 Å². The molecule has 1 aliphatic carbocycles. The smallest absolute Gasteiger partial charge is 0.247 e. The molecular formula is C29H45N3O4S. The van der Waals surface area contributed by atoms with Crippen molar-refractivity contribution in [2.45, 2.75) is 99.8 Å². The Labute approximate surface area is 226 Å². The number of aliphatic hydroxyl groups excluding tert-OH is 1. The fraction of sp³-hybridized carbons (Fsp3) is 0.759. The van der Waals surface area contributed by atoms with Gasteiger partial charge >= 0.3 is 0 Å². The molecule has 3 saturated heterocycles. The van der Waals surface area contributed by atoms with Crippen molar-refractivity contribution in [2.24, 2.45) is 11.8 Å². The molecule has 8 heteroatoms. The van der Waals surface area contributed by atoms with E-state index in [1.165, 1.54) is 6.42 Å². The normalized spacial score (nSPS) is 33.8. The zero-order chi connectivity index (χ0) is 27.0. The van der Waals surface area contributed by atoms with Crippen molar-refractivity contribution >= 4 is 29.5 Å². The first-order valence-electron chi connectivity index (χ1n) is 14.1. The summed E-state index contributed by atoms with van der Waals surface area (Å²) < 4.78 is -1.06. The first-order valence-corrected chi connectivity index (χ1v) is 15.0. The van der Waals surface area contributed by atoms with Gasteiger partial charge in [0, 0.05) is 30.4 Å². The number of amides is 3. The van der Waals surface area contributed by atoms with Crippen molar-refractivity contribution in [2.75, 3.05) is 26.2 Å². The zero-order valence-electron chi connectivity index (χ0n) is 22.9. The third kappa shape index (κ3) is 4.56. The number of aliphatic hydroxyl groups is 1. The SMILES string of the molecule is C=CCN(CCC)C(=O)[C@@H]1[C@H]2C(=O)N([C@H](C)CO)C(C(=O)N(CC=C)C3CCCCC3)C23CC[C@@]1(C)S3. The van der Waals surface area contributed by atoms with Crippen molar-refractivity contribution in [1.82, 2.24) is 14.7 Å². The third-order valence-corrected chi connectivity index (χ3v) is 11.2. The molecule has 206 valence electrons. The van der Waals surface area contributed by atoms with E-state index in [1.54, 1.807) is 28.8 Å². The van der Waals surface area contributed by atoms with E-state index in [0.717, 1.165) is 44.9 Å². The first-order chi connectivity index (χ1) is 17.7. The van der Waals surface area contributed by atoms with E-state index in [2.05, 4.69) is 20.1 Å². The molecule has 37 heavy (non-hydrogen) atoms. The summed E-state index contributed by atoms with van der Waals surface area (Å²) in [5, 5.41) is 10.2. The minimum atomic E-state index is -0.683. The number of rotatable bonds is 11. The van der Waals surface area contributed by atoms with Crippen LogP contribution in [0, 0.1) is 11.8 Å². The second-order valence-electron chi connectivity index (χ2n) is 11.6. The van der Waals surface area contributed by atoms with Crippen LogP contribution >= 0.6 is 11.8 Å². The van der Waals surface area contributed by atoms with Gasteiger partial charge in [0.1, 0.15) is 6.04 Å². The number of carbonyl (C=O) groups excluding carboxylic acids is 3. The lowest BCUT2D eigenvalue weighted by atomic mass is 9.66. The van der Waals surface area contributed by atoms with Crippen LogP contribution in [0.4, 0.5) is 0 Å². The molecule has 4 fully saturated rings. The molecule has 3 aliphatic heterocycles. The Morgan fingerprint density at radius 3 is 2.43 bits per heavy atom. The lowest BCUT2D eigenvalue weighted by Crippen LogP contribution is -2.59. The van der Waals surface area contributed by atoms with Gasteiger partial charge in [-0.2, -0.15) is 0 Å². The van der Waals surface area contributed by atoms with Crippen LogP contribution in [0.15, 0.2) is 25.3 Å². The van der Waals surface area contributed by atoms with Gasteiger partial charge in [0.05, 0.1) is 29.2 Å². The summed E-state index contributed by atoms with van der Waals surface area (Å²) in [7, 11) is 0. The van der Waals surface area contributed by atoms with Crippen LogP contribution in [0.2, 0.25) is 0 Å². The van der Waals surface area contributed by atoms with Gasteiger partial charge in [-0.05, 0) is 46.0 Å². The van der Waals surface area contributed by atoms with Crippen molar-refractivity contribution < 1.29 is 19.5 Å². The average molecular weight is 532 g/mol. The maximum atomic E-state index is 14.5. The minimum absolute atomic E-state index is 0.00314. The molecular weight excluding hydrogens is 486 g/mol. The van der Waals surface area contributed by atoms with Crippen LogP contribution < -0.4 is 0 Å². The van der Waals surface area contributed by atoms with E-state index < -0.39 is 33.4 Å². The van der Waals surface area contributed by atoms with Gasteiger partial charge in [0.25, 0.3) is 0 Å². The summed E-state index contributed by atoms with van der Waals surface area (Å²) in [6.07, 6.45) is 11.2. The molecule has 2 unspecified atom stereocenters. The largest absolute Gasteiger partial charge is 0.394 e. The van der Waals surface area contributed by atoms with Crippen molar-refractivity contribution in [3.05, 3.63) is 25.3 Å². The number of likely N-dealkylation sites (tertiary alicyclic amines) is 1. The standard InChI is InChI=1S/C29H45N3O4S/c1-6-16-30(17-7-2)25(34)22-23-26(35)32(20(4)19-33)24(29(23)15-14-28(22,5)37-29)27(36)31(18-8-3)21-12-10-9-11-13-21/h6,8,20-24,33H,1,3,7,9-19H2,2,4-5H3/t20-,22+,23+,24?,28-,29?/m1/s1. The van der Waals surface area contributed by atoms with Crippen LogP contribution in [-0.4, -0.2) is 91.4 Å². The van der Waals surface area contributed by atoms with Crippen LogP contribution in [0.25, 0.3) is 0 Å². The van der Waals surface area contributed by atoms with Crippen molar-refractivity contribution in [1.29, 1.82) is 0 Å². The molecule has 1 spiro atoms. The Bertz CT molecular complexity index is 921. The summed E-state index contributed by atoms with van der Waals surface area (Å²) >= 11 is 1.71. The summed E-state index contributed by atoms with van der Waals surface area (Å²) in [6, 6.07) is -1.04. The predicted octanol–water partition coefficient (Wildman–Crippen LogP) is 3.62. The fourth-order valence-electron chi connectivity index (χ4n) is 7.60. The number of nitrogens with zero attached hydrogens (tertiary/aromatic N) is 3. The molecule has 1 N–H and O–H groups in total. The second kappa shape index (κ2) is 11.1. The zero-order valence-corrected chi connectivity index (χ0v) is 23.7. The number of carbonyl (C=O) groups is 3. The van der Waals surface area contributed by atoms with E-state index in [0.29, 0.717) is 19.6 Å². The average Bonchev–Trinajstić information content (AvgIpc) is 3.47. The molecule has 3 heterocycles. The Hall–Kier alpha value is -1.80. The topological polar surface area (TPSA) is 81.2 Å². The van der Waals surface area contributed by atoms with Gasteiger partial charge in [-0.1, -0.05) is 38.3 Å². The summed E-state index contributed by atoms with van der Waals surface area (Å²) in [4.78, 5) is 48.3. The highest BCUT2D eigenvalue weighted by atomic mass is 32.2. The van der Waals surface area contributed by atoms with Crippen LogP contribution in [-0.2, 0) is 14.4 Å². The van der Waals surface area contributed by atoms with E-state index in [9.17, 15) is 19.5 Å². The number of fused-ring (bicyclic) bond motifs is 1. The molecule has 0 aromatic rings. The Balaban J connectivity index is 1.77. The summed E-state index contributed by atoms with van der Waals surface area (Å²) in [6.45, 7) is 15.0. The Morgan fingerprint density at radius 1 is 1.16 bits per heavy atom. The Morgan fingerprint density at radius 2 is 1.84 bits per heavy atom. The van der Waals surface area contributed by atoms with Crippen LogP contribution in [0.1, 0.15) is 72.1 Å². The molecule has 7 nitrogen and oxygen atoms in total. The van der Waals surface area contributed by atoms with E-state index >= 15 is 0 Å². The van der Waals surface area contributed by atoms with Gasteiger partial charge < -0.3 is 19.8 Å². The van der Waals surface area contributed by atoms with Gasteiger partial charge in [-0.15, -0.1) is 24.9 Å². The minimum Gasteiger partial charge on any atom is -0.394 e. The third-order valence-electron chi connectivity index (χ3n) is 9.23. The first kappa shape index (κ1) is 28.2. The fourth-order valence-corrected chi connectivity index (χ4v) is 9.93. The lowest BCUT2D eigenvalue weighted by Gasteiger charge is -2.42. The monoisotopic (exact) mass is 531 g/mol. The molecule has 0 aromatic carbocycles. The van der Waals surface area contributed by atoms with Crippen molar-refractivity contribution in [3.63, 3.8) is 0 Å². The highest BCUT2D eigenvalue weighted by Gasteiger charge is 2.78. The number of hydrogen-bond donors (Lipinski definition) is 1. The maximum Gasteiger partial charge on any atom is 0.247 e. The maximum absolute atomic E-state index is 14.5. The van der Waals surface area contributed by atoms with E-state index in [-0.39, 0.29) is 30.4 Å². The molecule has 0 aromatic heterocycles. The summed E-state index contributed by atoms with van der Waals surface area (Å²) in [5.74, 6) is -1.24. The van der Waals surface area contributed by atoms with Crippen LogP contribution in [0.3, 0.4) is 0 Å². The predicted molar refractivity (Wildman–Crippen MR) is 148 cm³/mol. The quantitative estimate of drug-likeness (QED) is 0.412. The molecule has 0 radical (unpaired) electrons. The van der Waals surface area contributed by atoms with Gasteiger partial charge in [0.2, 0.25) is 17.7 Å². The van der Waals surface area contributed by atoms with Crippen molar-refractivity contribution in [3.8, 4) is 0 Å². The molecule has 1 saturated carbocycles. The lowest BCUT2D eigenvalue weighted by molar-refractivity contribution is -0.148. The van der Waals surface area contributed by atoms with E-state index in [1.807, 2.05) is 23.6 Å². The van der Waals surface area contributed by atoms with E-state index in [4.69, 9.17) is 0 Å². The highest BCUT2D eigenvalue weighted by Crippen LogP contribution is 2.72. The molecule has 3 amide bonds. The second-order valence-corrected chi connectivity index (χ2v) is 13.5. The number of thioether (sulfide) groups is 1. The number of hydrogen-bond acceptors (Lipinski definition) is 5. The van der Waals surface area contributed by atoms with Gasteiger partial charge in [0.15, 0.2) is 0 Å². The van der Waals surface area contributed by atoms with Gasteiger partial charge in [-0.3, -0.25) is 14.4 Å². The molecule has 4 aliphatic rings. The Kier molecular flexibility index (Phi) is 8.49. The molecule has 4 rings (SSSR count). The highest BCUT2D eigenvalue weighted by molar-refractivity contribution is 8.02.